The van der Waals surface area contributed by atoms with E-state index in [0.29, 0.717) is 13.1 Å². The Bertz CT molecular complexity index is 794. The molecule has 2 aromatic rings. The maximum atomic E-state index is 10.4. The van der Waals surface area contributed by atoms with E-state index in [-0.39, 0.29) is 12.7 Å². The molecule has 164 valence electrons. The van der Waals surface area contributed by atoms with E-state index >= 15 is 0 Å². The van der Waals surface area contributed by atoms with Crippen molar-refractivity contribution in [3.8, 4) is 11.5 Å². The van der Waals surface area contributed by atoms with Gasteiger partial charge in [0.25, 0.3) is 0 Å². The third-order valence-corrected chi connectivity index (χ3v) is 5.49. The Hall–Kier alpha value is -2.19. The van der Waals surface area contributed by atoms with Crippen LogP contribution in [0, 0.1) is 6.92 Å². The lowest BCUT2D eigenvalue weighted by molar-refractivity contribution is 0.0336. The van der Waals surface area contributed by atoms with Gasteiger partial charge in [-0.3, -0.25) is 4.98 Å². The zero-order valence-electron chi connectivity index (χ0n) is 17.9. The van der Waals surface area contributed by atoms with Gasteiger partial charge in [0.2, 0.25) is 0 Å². The number of nitrogens with one attached hydrogen (secondary N) is 1. The van der Waals surface area contributed by atoms with Crippen LogP contribution in [0.5, 0.6) is 11.5 Å². The van der Waals surface area contributed by atoms with Gasteiger partial charge in [-0.2, -0.15) is 0 Å². The van der Waals surface area contributed by atoms with Gasteiger partial charge in [-0.05, 0) is 55.2 Å². The first kappa shape index (κ1) is 22.5. The Labute approximate surface area is 178 Å². The zero-order valence-corrected chi connectivity index (χ0v) is 17.9. The molecular formula is C23H33N3O4. The van der Waals surface area contributed by atoms with Crippen LogP contribution in [0.4, 0.5) is 0 Å². The SMILES string of the molecule is COc1ccc(OC[C@H](O)CN2CCC(O)CC2)c(CNCc2ccncc2C)c1. The molecule has 2 heterocycles. The monoisotopic (exact) mass is 415 g/mol. The number of nitrogens with zero attached hydrogens (tertiary/aromatic N) is 2. The summed E-state index contributed by atoms with van der Waals surface area (Å²) in [6.45, 7) is 5.80. The van der Waals surface area contributed by atoms with Gasteiger partial charge in [0.1, 0.15) is 24.2 Å². The van der Waals surface area contributed by atoms with Crippen molar-refractivity contribution in [1.82, 2.24) is 15.2 Å². The number of aromatic nitrogens is 1. The molecule has 30 heavy (non-hydrogen) atoms. The number of β-amino-alcohol motifs (C(OH)–C–C–N with tert-alkyl or cyclic N) is 1. The minimum Gasteiger partial charge on any atom is -0.497 e. The Morgan fingerprint density at radius 1 is 1.20 bits per heavy atom. The lowest BCUT2D eigenvalue weighted by atomic mass is 10.1. The number of ether oxygens (including phenoxy) is 2. The summed E-state index contributed by atoms with van der Waals surface area (Å²) in [5, 5.41) is 23.5. The van der Waals surface area contributed by atoms with E-state index in [1.807, 2.05) is 30.5 Å². The first-order valence-electron chi connectivity index (χ1n) is 10.5. The van der Waals surface area contributed by atoms with Crippen molar-refractivity contribution < 1.29 is 19.7 Å². The quantitative estimate of drug-likeness (QED) is 0.546. The topological polar surface area (TPSA) is 87.1 Å². The first-order valence-corrected chi connectivity index (χ1v) is 10.5. The minimum absolute atomic E-state index is 0.208. The molecule has 1 saturated heterocycles. The van der Waals surface area contributed by atoms with E-state index in [2.05, 4.69) is 22.1 Å². The molecule has 1 aliphatic rings. The van der Waals surface area contributed by atoms with Crippen LogP contribution >= 0.6 is 0 Å². The average Bonchev–Trinajstić information content (AvgIpc) is 2.75. The number of rotatable bonds is 10. The molecular weight excluding hydrogens is 382 g/mol. The average molecular weight is 416 g/mol. The largest absolute Gasteiger partial charge is 0.497 e. The number of hydrogen-bond donors (Lipinski definition) is 3. The number of aliphatic hydroxyl groups excluding tert-OH is 2. The number of hydrogen-bond acceptors (Lipinski definition) is 7. The summed E-state index contributed by atoms with van der Waals surface area (Å²) in [7, 11) is 1.65. The fourth-order valence-corrected chi connectivity index (χ4v) is 3.63. The highest BCUT2D eigenvalue weighted by Gasteiger charge is 2.20. The summed E-state index contributed by atoms with van der Waals surface area (Å²) in [5.41, 5.74) is 3.34. The molecule has 0 unspecified atom stereocenters. The normalized spacial score (nSPS) is 16.4. The Morgan fingerprint density at radius 2 is 1.97 bits per heavy atom. The summed E-state index contributed by atoms with van der Waals surface area (Å²) in [6.07, 6.45) is 4.40. The highest BCUT2D eigenvalue weighted by Crippen LogP contribution is 2.24. The molecule has 0 radical (unpaired) electrons. The number of piperidine rings is 1. The summed E-state index contributed by atoms with van der Waals surface area (Å²) >= 11 is 0. The van der Waals surface area contributed by atoms with Crippen LogP contribution < -0.4 is 14.8 Å². The Morgan fingerprint density at radius 3 is 2.70 bits per heavy atom. The zero-order chi connectivity index (χ0) is 21.3. The second kappa shape index (κ2) is 11.3. The minimum atomic E-state index is -0.581. The van der Waals surface area contributed by atoms with Crippen molar-refractivity contribution in [2.45, 2.75) is 45.1 Å². The smallest absolute Gasteiger partial charge is 0.124 e. The molecule has 0 aliphatic carbocycles. The number of pyridine rings is 1. The van der Waals surface area contributed by atoms with E-state index in [0.717, 1.165) is 55.1 Å². The number of aryl methyl sites for hydroxylation is 1. The van der Waals surface area contributed by atoms with Gasteiger partial charge in [-0.25, -0.2) is 0 Å². The highest BCUT2D eigenvalue weighted by atomic mass is 16.5. The van der Waals surface area contributed by atoms with Crippen LogP contribution in [0.3, 0.4) is 0 Å². The van der Waals surface area contributed by atoms with Gasteiger partial charge >= 0.3 is 0 Å². The lowest BCUT2D eigenvalue weighted by Crippen LogP contribution is -2.41. The van der Waals surface area contributed by atoms with Crippen molar-refractivity contribution in [2.24, 2.45) is 0 Å². The van der Waals surface area contributed by atoms with Gasteiger partial charge in [0.15, 0.2) is 0 Å². The molecule has 0 saturated carbocycles. The number of benzene rings is 1. The van der Waals surface area contributed by atoms with E-state index in [1.165, 1.54) is 5.56 Å². The predicted molar refractivity (Wildman–Crippen MR) is 116 cm³/mol. The predicted octanol–water partition coefficient (Wildman–Crippen LogP) is 1.88. The van der Waals surface area contributed by atoms with Crippen LogP contribution in [0.1, 0.15) is 29.5 Å². The number of aliphatic hydroxyl groups is 2. The van der Waals surface area contributed by atoms with Gasteiger partial charge < -0.3 is 29.9 Å². The fraction of sp³-hybridized carbons (Fsp3) is 0.522. The number of methoxy groups -OCH3 is 1. The van der Waals surface area contributed by atoms with Crippen LogP contribution in [0.15, 0.2) is 36.7 Å². The molecule has 3 N–H and O–H groups in total. The van der Waals surface area contributed by atoms with Crippen LogP contribution in [-0.2, 0) is 13.1 Å². The third-order valence-electron chi connectivity index (χ3n) is 5.49. The Kier molecular flexibility index (Phi) is 8.45. The van der Waals surface area contributed by atoms with Crippen LogP contribution in [0.2, 0.25) is 0 Å². The van der Waals surface area contributed by atoms with Gasteiger partial charge in [-0.15, -0.1) is 0 Å². The maximum absolute atomic E-state index is 10.4. The molecule has 1 aliphatic heterocycles. The van der Waals surface area contributed by atoms with Gasteiger partial charge in [0.05, 0.1) is 13.2 Å². The molecule has 7 heteroatoms. The van der Waals surface area contributed by atoms with Crippen LogP contribution in [-0.4, -0.2) is 65.7 Å². The van der Waals surface area contributed by atoms with Crippen molar-refractivity contribution in [3.63, 3.8) is 0 Å². The van der Waals surface area contributed by atoms with Crippen LogP contribution in [0.25, 0.3) is 0 Å². The van der Waals surface area contributed by atoms with E-state index in [9.17, 15) is 10.2 Å². The summed E-state index contributed by atoms with van der Waals surface area (Å²) in [4.78, 5) is 6.31. The molecule has 0 bridgehead atoms. The molecule has 1 fully saturated rings. The summed E-state index contributed by atoms with van der Waals surface area (Å²) in [5.74, 6) is 1.51. The summed E-state index contributed by atoms with van der Waals surface area (Å²) < 4.78 is 11.3. The molecule has 0 spiro atoms. The van der Waals surface area contributed by atoms with E-state index in [4.69, 9.17) is 9.47 Å². The molecule has 1 atom stereocenters. The third kappa shape index (κ3) is 6.67. The standard InChI is InChI=1S/C23H33N3O4/c1-17-12-24-8-5-18(17)13-25-14-19-11-22(29-2)3-4-23(19)30-16-21(28)15-26-9-6-20(27)7-10-26/h3-5,8,11-12,20-21,25,27-28H,6-7,9-10,13-16H2,1-2H3/t21-/m1/s1. The lowest BCUT2D eigenvalue weighted by Gasteiger charge is -2.31. The molecule has 0 amide bonds. The Balaban J connectivity index is 1.54. The fourth-order valence-electron chi connectivity index (χ4n) is 3.63. The highest BCUT2D eigenvalue weighted by molar-refractivity contribution is 5.40. The van der Waals surface area contributed by atoms with Gasteiger partial charge in [-0.1, -0.05) is 0 Å². The molecule has 1 aromatic heterocycles. The van der Waals surface area contributed by atoms with Crippen molar-refractivity contribution in [3.05, 3.63) is 53.3 Å². The van der Waals surface area contributed by atoms with Crippen molar-refractivity contribution >= 4 is 0 Å². The molecule has 3 rings (SSSR count). The summed E-state index contributed by atoms with van der Waals surface area (Å²) in [6, 6.07) is 7.73. The van der Waals surface area contributed by atoms with E-state index in [1.54, 1.807) is 13.3 Å². The van der Waals surface area contributed by atoms with Crippen molar-refractivity contribution in [2.75, 3.05) is 33.4 Å². The van der Waals surface area contributed by atoms with Crippen molar-refractivity contribution in [1.29, 1.82) is 0 Å². The van der Waals surface area contributed by atoms with E-state index < -0.39 is 6.10 Å². The first-order chi connectivity index (χ1) is 14.5. The number of likely N-dealkylation sites (tertiary alicyclic amines) is 1. The maximum Gasteiger partial charge on any atom is 0.124 e. The second-order valence-electron chi connectivity index (χ2n) is 7.88. The molecule has 7 nitrogen and oxygen atoms in total. The second-order valence-corrected chi connectivity index (χ2v) is 7.88. The molecule has 1 aromatic carbocycles. The van der Waals surface area contributed by atoms with Gasteiger partial charge in [0, 0.05) is 50.7 Å².